The number of aromatic amines is 2. The standard InChI is InChI=1S/C10H6Br2N2O4/c11-9(12)18-8(16)4-1-2-6-5(3-4)7(15)14-10(17)13-6/h1-3,9H,(H2,13,14,15,17). The molecule has 6 nitrogen and oxygen atoms in total. The number of H-pyrrole nitrogens is 2. The van der Waals surface area contributed by atoms with Crippen LogP contribution in [0.5, 0.6) is 0 Å². The highest BCUT2D eigenvalue weighted by Crippen LogP contribution is 2.15. The van der Waals surface area contributed by atoms with Crippen LogP contribution in [0.25, 0.3) is 10.9 Å². The van der Waals surface area contributed by atoms with Crippen LogP contribution in [0.15, 0.2) is 27.8 Å². The number of ether oxygens (including phenoxy) is 1. The van der Waals surface area contributed by atoms with E-state index in [4.69, 9.17) is 4.74 Å². The Labute approximate surface area is 117 Å². The van der Waals surface area contributed by atoms with Crippen LogP contribution < -0.4 is 11.2 Å². The van der Waals surface area contributed by atoms with E-state index in [0.717, 1.165) is 0 Å². The van der Waals surface area contributed by atoms with Crippen LogP contribution in [-0.4, -0.2) is 19.9 Å². The van der Waals surface area contributed by atoms with Crippen LogP contribution in [0.4, 0.5) is 0 Å². The van der Waals surface area contributed by atoms with E-state index < -0.39 is 21.1 Å². The topological polar surface area (TPSA) is 92.0 Å². The molecule has 0 aliphatic rings. The Kier molecular flexibility index (Phi) is 3.67. The average molecular weight is 378 g/mol. The summed E-state index contributed by atoms with van der Waals surface area (Å²) in [7, 11) is 0. The van der Waals surface area contributed by atoms with E-state index in [2.05, 4.69) is 41.8 Å². The molecule has 0 aliphatic carbocycles. The van der Waals surface area contributed by atoms with Crippen LogP contribution in [0.2, 0.25) is 0 Å². The lowest BCUT2D eigenvalue weighted by Crippen LogP contribution is -2.22. The molecule has 0 unspecified atom stereocenters. The molecule has 0 amide bonds. The fourth-order valence-electron chi connectivity index (χ4n) is 1.44. The molecule has 94 valence electrons. The summed E-state index contributed by atoms with van der Waals surface area (Å²) >= 11 is 6.01. The second-order valence-electron chi connectivity index (χ2n) is 3.33. The molecule has 1 aromatic heterocycles. The number of hydrogen-bond acceptors (Lipinski definition) is 4. The Bertz CT molecular complexity index is 720. The maximum Gasteiger partial charge on any atom is 0.340 e. The van der Waals surface area contributed by atoms with Gasteiger partial charge >= 0.3 is 11.7 Å². The van der Waals surface area contributed by atoms with Crippen molar-refractivity contribution < 1.29 is 9.53 Å². The number of hydrogen-bond donors (Lipinski definition) is 2. The van der Waals surface area contributed by atoms with E-state index in [0.29, 0.717) is 5.52 Å². The third kappa shape index (κ3) is 2.70. The number of nitrogens with one attached hydrogen (secondary N) is 2. The molecule has 0 saturated carbocycles. The molecule has 0 fully saturated rings. The Hall–Kier alpha value is -1.41. The number of fused-ring (bicyclic) bond motifs is 1. The average Bonchev–Trinajstić information content (AvgIpc) is 2.27. The predicted octanol–water partition coefficient (Wildman–Crippen LogP) is 1.45. The minimum absolute atomic E-state index is 0.212. The van der Waals surface area contributed by atoms with Gasteiger partial charge in [0.1, 0.15) is 0 Å². The monoisotopic (exact) mass is 376 g/mol. The van der Waals surface area contributed by atoms with Gasteiger partial charge in [0.25, 0.3) is 5.56 Å². The highest BCUT2D eigenvalue weighted by molar-refractivity contribution is 9.24. The first-order valence-corrected chi connectivity index (χ1v) is 6.56. The van der Waals surface area contributed by atoms with Crippen molar-refractivity contribution in [2.24, 2.45) is 0 Å². The van der Waals surface area contributed by atoms with Gasteiger partial charge in [-0.25, -0.2) is 9.59 Å². The van der Waals surface area contributed by atoms with E-state index in [1.165, 1.54) is 18.2 Å². The first-order valence-electron chi connectivity index (χ1n) is 4.73. The third-order valence-corrected chi connectivity index (χ3v) is 2.55. The van der Waals surface area contributed by atoms with Crippen molar-refractivity contribution in [2.45, 2.75) is 3.92 Å². The molecule has 2 N–H and O–H groups in total. The molecule has 1 aromatic carbocycles. The molecule has 2 aromatic rings. The van der Waals surface area contributed by atoms with Crippen LogP contribution in [0.1, 0.15) is 10.4 Å². The van der Waals surface area contributed by atoms with E-state index >= 15 is 0 Å². The van der Waals surface area contributed by atoms with Crippen LogP contribution >= 0.6 is 31.9 Å². The Balaban J connectivity index is 2.54. The summed E-state index contributed by atoms with van der Waals surface area (Å²) < 4.78 is 4.25. The second-order valence-corrected chi connectivity index (χ2v) is 6.23. The first kappa shape index (κ1) is 13.0. The number of benzene rings is 1. The van der Waals surface area contributed by atoms with Gasteiger partial charge in [-0.15, -0.1) is 0 Å². The van der Waals surface area contributed by atoms with E-state index in [-0.39, 0.29) is 10.9 Å². The van der Waals surface area contributed by atoms with Gasteiger partial charge < -0.3 is 9.72 Å². The number of rotatable bonds is 2. The lowest BCUT2D eigenvalue weighted by molar-refractivity contribution is 0.0561. The zero-order valence-electron chi connectivity index (χ0n) is 8.70. The molecule has 0 atom stereocenters. The summed E-state index contributed by atoms with van der Waals surface area (Å²) in [6.07, 6.45) is 0. The van der Waals surface area contributed by atoms with Gasteiger partial charge in [-0.05, 0) is 50.1 Å². The SMILES string of the molecule is O=C(OC(Br)Br)c1ccc2[nH]c(=O)[nH]c(=O)c2c1. The zero-order valence-corrected chi connectivity index (χ0v) is 11.9. The first-order chi connectivity index (χ1) is 8.47. The normalized spacial score (nSPS) is 10.8. The third-order valence-electron chi connectivity index (χ3n) is 2.17. The van der Waals surface area contributed by atoms with Crippen LogP contribution in [0.3, 0.4) is 0 Å². The van der Waals surface area contributed by atoms with Gasteiger partial charge in [-0.3, -0.25) is 9.78 Å². The maximum absolute atomic E-state index is 11.6. The van der Waals surface area contributed by atoms with Crippen molar-refractivity contribution in [1.82, 2.24) is 9.97 Å². The summed E-state index contributed by atoms with van der Waals surface area (Å²) in [5, 5.41) is 0.213. The number of carbonyl (C=O) groups excluding carboxylic acids is 1. The summed E-state index contributed by atoms with van der Waals surface area (Å²) in [5.41, 5.74) is -0.583. The van der Waals surface area contributed by atoms with Crippen LogP contribution in [-0.2, 0) is 4.74 Å². The van der Waals surface area contributed by atoms with Gasteiger partial charge in [-0.1, -0.05) is 0 Å². The van der Waals surface area contributed by atoms with Crippen molar-refractivity contribution in [2.75, 3.05) is 0 Å². The molecule has 0 bridgehead atoms. The molecular weight excluding hydrogens is 372 g/mol. The molecule has 18 heavy (non-hydrogen) atoms. The largest absolute Gasteiger partial charge is 0.436 e. The van der Waals surface area contributed by atoms with Gasteiger partial charge in [0.2, 0.25) is 3.92 Å². The molecule has 0 aliphatic heterocycles. The molecule has 0 spiro atoms. The van der Waals surface area contributed by atoms with Crippen molar-refractivity contribution in [3.05, 3.63) is 44.6 Å². The lowest BCUT2D eigenvalue weighted by atomic mass is 10.1. The molecule has 0 radical (unpaired) electrons. The number of carbonyl (C=O) groups is 1. The number of aromatic nitrogens is 2. The Morgan fingerprint density at radius 1 is 1.22 bits per heavy atom. The van der Waals surface area contributed by atoms with E-state index in [9.17, 15) is 14.4 Å². The van der Waals surface area contributed by atoms with Crippen molar-refractivity contribution in [1.29, 1.82) is 0 Å². The van der Waals surface area contributed by atoms with E-state index in [1.807, 2.05) is 0 Å². The lowest BCUT2D eigenvalue weighted by Gasteiger charge is -2.05. The molecule has 0 saturated heterocycles. The second kappa shape index (κ2) is 5.07. The molecule has 8 heteroatoms. The quantitative estimate of drug-likeness (QED) is 0.612. The number of esters is 1. The highest BCUT2D eigenvalue weighted by atomic mass is 79.9. The minimum atomic E-state index is -0.609. The molecule has 1 heterocycles. The summed E-state index contributed by atoms with van der Waals surface area (Å²) in [5.74, 6) is -0.596. The zero-order chi connectivity index (χ0) is 13.3. The summed E-state index contributed by atoms with van der Waals surface area (Å²) in [4.78, 5) is 38.8. The fraction of sp³-hybridized carbons (Fsp3) is 0.100. The maximum atomic E-state index is 11.6. The van der Waals surface area contributed by atoms with Gasteiger partial charge in [0, 0.05) is 0 Å². The Morgan fingerprint density at radius 3 is 2.61 bits per heavy atom. The number of alkyl halides is 2. The van der Waals surface area contributed by atoms with Gasteiger partial charge in [0.05, 0.1) is 16.5 Å². The highest BCUT2D eigenvalue weighted by Gasteiger charge is 2.12. The van der Waals surface area contributed by atoms with Crippen LogP contribution in [0, 0.1) is 0 Å². The predicted molar refractivity (Wildman–Crippen MR) is 72.2 cm³/mol. The van der Waals surface area contributed by atoms with Crippen molar-refractivity contribution in [3.63, 3.8) is 0 Å². The fourth-order valence-corrected chi connectivity index (χ4v) is 1.78. The van der Waals surface area contributed by atoms with Crippen molar-refractivity contribution in [3.8, 4) is 0 Å². The summed E-state index contributed by atoms with van der Waals surface area (Å²) in [6.45, 7) is 0. The Morgan fingerprint density at radius 2 is 1.94 bits per heavy atom. The van der Waals surface area contributed by atoms with Crippen molar-refractivity contribution >= 4 is 48.7 Å². The molecule has 2 rings (SSSR count). The van der Waals surface area contributed by atoms with E-state index in [1.54, 1.807) is 0 Å². The van der Waals surface area contributed by atoms with Gasteiger partial charge in [0.15, 0.2) is 0 Å². The smallest absolute Gasteiger partial charge is 0.340 e. The van der Waals surface area contributed by atoms with Gasteiger partial charge in [-0.2, -0.15) is 0 Å². The minimum Gasteiger partial charge on any atom is -0.436 e. The molecular formula is C10H6Br2N2O4. The summed E-state index contributed by atoms with van der Waals surface area (Å²) in [6, 6.07) is 4.29. The number of halogens is 2.